The normalized spacial score (nSPS) is 25.5. The minimum Gasteiger partial charge on any atom is -0.347 e. The summed E-state index contributed by atoms with van der Waals surface area (Å²) in [6.45, 7) is 5.04. The predicted octanol–water partition coefficient (Wildman–Crippen LogP) is 1.18. The molecule has 136 valence electrons. The van der Waals surface area contributed by atoms with Crippen molar-refractivity contribution in [3.05, 3.63) is 24.0 Å². The van der Waals surface area contributed by atoms with E-state index >= 15 is 0 Å². The maximum Gasteiger partial charge on any atom is 0.270 e. The highest BCUT2D eigenvalue weighted by Crippen LogP contribution is 2.31. The van der Waals surface area contributed by atoms with E-state index < -0.39 is 0 Å². The quantitative estimate of drug-likeness (QED) is 0.824. The molecule has 6 heteroatoms. The second kappa shape index (κ2) is 6.83. The first-order valence-electron chi connectivity index (χ1n) is 9.57. The molecular weight excluding hydrogens is 316 g/mol. The van der Waals surface area contributed by atoms with Gasteiger partial charge in [0.2, 0.25) is 5.91 Å². The Kier molecular flexibility index (Phi) is 4.54. The highest BCUT2D eigenvalue weighted by Gasteiger charge is 2.38. The molecule has 1 atom stereocenters. The van der Waals surface area contributed by atoms with E-state index in [1.165, 1.54) is 12.8 Å². The number of hydrogen-bond donors (Lipinski definition) is 0. The molecule has 25 heavy (non-hydrogen) atoms. The number of rotatable bonds is 4. The Balaban J connectivity index is 1.36. The first-order valence-corrected chi connectivity index (χ1v) is 9.57. The van der Waals surface area contributed by atoms with E-state index in [4.69, 9.17) is 0 Å². The summed E-state index contributed by atoms with van der Waals surface area (Å²) in [5.74, 6) is 1.17. The van der Waals surface area contributed by atoms with Crippen LogP contribution in [0, 0.1) is 5.92 Å². The van der Waals surface area contributed by atoms with E-state index in [0.717, 1.165) is 57.2 Å². The standard InChI is InChI=1S/C19H28N4O2/c1-20-8-2-4-16(20)18(24)22-10-3-9-21(12-13-22)17-7-11-23(19(17)25)14-15-5-6-15/h2,4,8,15,17H,3,5-7,9-14H2,1H3. The average Bonchev–Trinajstić information content (AvgIpc) is 3.28. The third kappa shape index (κ3) is 3.45. The number of likely N-dealkylation sites (tertiary alicyclic amines) is 1. The minimum absolute atomic E-state index is 0.0313. The van der Waals surface area contributed by atoms with Crippen molar-refractivity contribution < 1.29 is 9.59 Å². The van der Waals surface area contributed by atoms with E-state index in [-0.39, 0.29) is 11.9 Å². The molecule has 3 aliphatic rings. The lowest BCUT2D eigenvalue weighted by Crippen LogP contribution is -2.44. The summed E-state index contributed by atoms with van der Waals surface area (Å²) < 4.78 is 1.88. The third-order valence-corrected chi connectivity index (χ3v) is 5.87. The van der Waals surface area contributed by atoms with Gasteiger partial charge in [0.15, 0.2) is 0 Å². The Morgan fingerprint density at radius 2 is 1.96 bits per heavy atom. The summed E-state index contributed by atoms with van der Waals surface area (Å²) in [5, 5.41) is 0. The SMILES string of the molecule is Cn1cccc1C(=O)N1CCCN(C2CCN(CC3CC3)C2=O)CC1. The van der Waals surface area contributed by atoms with Crippen LogP contribution in [0.2, 0.25) is 0 Å². The molecule has 3 fully saturated rings. The number of aromatic nitrogens is 1. The summed E-state index contributed by atoms with van der Waals surface area (Å²) in [6.07, 6.45) is 6.35. The topological polar surface area (TPSA) is 48.8 Å². The first-order chi connectivity index (χ1) is 12.1. The molecule has 1 aliphatic carbocycles. The highest BCUT2D eigenvalue weighted by atomic mass is 16.2. The van der Waals surface area contributed by atoms with Gasteiger partial charge < -0.3 is 14.4 Å². The Bertz CT molecular complexity index is 652. The largest absolute Gasteiger partial charge is 0.347 e. The van der Waals surface area contributed by atoms with Crippen LogP contribution in [0.1, 0.15) is 36.2 Å². The summed E-state index contributed by atoms with van der Waals surface area (Å²) in [6, 6.07) is 3.81. The molecule has 2 saturated heterocycles. The number of aryl methyl sites for hydroxylation is 1. The minimum atomic E-state index is 0.0313. The Morgan fingerprint density at radius 3 is 2.68 bits per heavy atom. The van der Waals surface area contributed by atoms with Crippen LogP contribution < -0.4 is 0 Å². The van der Waals surface area contributed by atoms with Gasteiger partial charge in [0.05, 0.1) is 6.04 Å². The van der Waals surface area contributed by atoms with Gasteiger partial charge in [-0.05, 0) is 43.7 Å². The number of amides is 2. The maximum atomic E-state index is 12.7. The fourth-order valence-electron chi connectivity index (χ4n) is 4.15. The van der Waals surface area contributed by atoms with Gasteiger partial charge in [-0.1, -0.05) is 0 Å². The van der Waals surface area contributed by atoms with Crippen molar-refractivity contribution in [1.29, 1.82) is 0 Å². The lowest BCUT2D eigenvalue weighted by molar-refractivity contribution is -0.132. The van der Waals surface area contributed by atoms with Gasteiger partial charge in [0.1, 0.15) is 5.69 Å². The van der Waals surface area contributed by atoms with E-state index in [0.29, 0.717) is 12.5 Å². The third-order valence-electron chi connectivity index (χ3n) is 5.87. The van der Waals surface area contributed by atoms with Crippen LogP contribution >= 0.6 is 0 Å². The second-order valence-corrected chi connectivity index (χ2v) is 7.72. The molecule has 0 N–H and O–H groups in total. The number of carbonyl (C=O) groups excluding carboxylic acids is 2. The maximum absolute atomic E-state index is 12.7. The lowest BCUT2D eigenvalue weighted by Gasteiger charge is -2.26. The van der Waals surface area contributed by atoms with E-state index in [1.54, 1.807) is 0 Å². The summed E-state index contributed by atoms with van der Waals surface area (Å²) in [7, 11) is 1.91. The molecule has 2 amide bonds. The first kappa shape index (κ1) is 16.6. The molecule has 4 rings (SSSR count). The van der Waals surface area contributed by atoms with Gasteiger partial charge >= 0.3 is 0 Å². The van der Waals surface area contributed by atoms with Crippen LogP contribution in [-0.4, -0.2) is 76.4 Å². The summed E-state index contributed by atoms with van der Waals surface area (Å²) in [5.41, 5.74) is 0.737. The second-order valence-electron chi connectivity index (χ2n) is 7.72. The average molecular weight is 344 g/mol. The molecule has 1 aromatic heterocycles. The van der Waals surface area contributed by atoms with E-state index in [2.05, 4.69) is 9.80 Å². The van der Waals surface area contributed by atoms with Crippen molar-refractivity contribution in [3.63, 3.8) is 0 Å². The zero-order chi connectivity index (χ0) is 17.4. The Morgan fingerprint density at radius 1 is 1.12 bits per heavy atom. The van der Waals surface area contributed by atoms with Crippen molar-refractivity contribution in [2.45, 2.75) is 31.7 Å². The van der Waals surface area contributed by atoms with Crippen LogP contribution in [0.5, 0.6) is 0 Å². The summed E-state index contributed by atoms with van der Waals surface area (Å²) >= 11 is 0. The molecule has 2 aliphatic heterocycles. The van der Waals surface area contributed by atoms with E-state index in [1.807, 2.05) is 34.8 Å². The van der Waals surface area contributed by atoms with Crippen molar-refractivity contribution in [3.8, 4) is 0 Å². The predicted molar refractivity (Wildman–Crippen MR) is 95.2 cm³/mol. The van der Waals surface area contributed by atoms with Crippen LogP contribution in [0.15, 0.2) is 18.3 Å². The van der Waals surface area contributed by atoms with Crippen LogP contribution in [0.25, 0.3) is 0 Å². The van der Waals surface area contributed by atoms with Gasteiger partial charge in [0, 0.05) is 52.5 Å². The molecule has 1 saturated carbocycles. The van der Waals surface area contributed by atoms with E-state index in [9.17, 15) is 9.59 Å². The Hall–Kier alpha value is -1.82. The van der Waals surface area contributed by atoms with Gasteiger partial charge in [-0.25, -0.2) is 0 Å². The number of hydrogen-bond acceptors (Lipinski definition) is 3. The molecule has 0 bridgehead atoms. The molecule has 3 heterocycles. The molecule has 1 unspecified atom stereocenters. The highest BCUT2D eigenvalue weighted by molar-refractivity contribution is 5.92. The zero-order valence-corrected chi connectivity index (χ0v) is 15.1. The molecular formula is C19H28N4O2. The molecule has 0 spiro atoms. The smallest absolute Gasteiger partial charge is 0.270 e. The molecule has 1 aromatic rings. The fourth-order valence-corrected chi connectivity index (χ4v) is 4.15. The number of carbonyl (C=O) groups is 2. The van der Waals surface area contributed by atoms with Crippen LogP contribution in [0.3, 0.4) is 0 Å². The van der Waals surface area contributed by atoms with Crippen LogP contribution in [0.4, 0.5) is 0 Å². The fraction of sp³-hybridized carbons (Fsp3) is 0.684. The van der Waals surface area contributed by atoms with Crippen molar-refractivity contribution >= 4 is 11.8 Å². The zero-order valence-electron chi connectivity index (χ0n) is 15.1. The van der Waals surface area contributed by atoms with Crippen molar-refractivity contribution in [2.75, 3.05) is 39.3 Å². The van der Waals surface area contributed by atoms with Gasteiger partial charge in [0.25, 0.3) is 5.91 Å². The lowest BCUT2D eigenvalue weighted by atomic mass is 10.2. The van der Waals surface area contributed by atoms with Gasteiger partial charge in [-0.2, -0.15) is 0 Å². The molecule has 0 radical (unpaired) electrons. The number of nitrogens with zero attached hydrogens (tertiary/aromatic N) is 4. The summed E-state index contributed by atoms with van der Waals surface area (Å²) in [4.78, 5) is 31.8. The van der Waals surface area contributed by atoms with Gasteiger partial charge in [-0.3, -0.25) is 14.5 Å². The molecule has 0 aromatic carbocycles. The van der Waals surface area contributed by atoms with Crippen LogP contribution in [-0.2, 0) is 11.8 Å². The monoisotopic (exact) mass is 344 g/mol. The van der Waals surface area contributed by atoms with Crippen molar-refractivity contribution in [2.24, 2.45) is 13.0 Å². The Labute approximate surface area is 149 Å². The van der Waals surface area contributed by atoms with Crippen molar-refractivity contribution in [1.82, 2.24) is 19.3 Å². The molecule has 6 nitrogen and oxygen atoms in total. The van der Waals surface area contributed by atoms with Gasteiger partial charge in [-0.15, -0.1) is 0 Å².